The Labute approximate surface area is 287 Å². The van der Waals surface area contributed by atoms with E-state index in [1.165, 1.54) is 26.6 Å². The summed E-state index contributed by atoms with van der Waals surface area (Å²) in [4.78, 5) is 0. The van der Waals surface area contributed by atoms with Gasteiger partial charge in [-0.1, -0.05) is 48.5 Å². The zero-order valence-electron chi connectivity index (χ0n) is 27.1. The van der Waals surface area contributed by atoms with Crippen molar-refractivity contribution in [2.24, 2.45) is 0 Å². The molecule has 8 rings (SSSR count). The Morgan fingerprint density at radius 2 is 0.918 bits per heavy atom. The smallest absolute Gasteiger partial charge is 0.511 e. The van der Waals surface area contributed by atoms with E-state index in [0.29, 0.717) is 5.75 Å². The van der Waals surface area contributed by atoms with E-state index in [4.69, 9.17) is 19.4 Å². The molecule has 0 aliphatic rings. The van der Waals surface area contributed by atoms with Gasteiger partial charge in [0, 0.05) is 5.39 Å². The largest absolute Gasteiger partial charge is 0.707 e. The molecule has 0 aromatic heterocycles. The Hall–Kier alpha value is -5.45. The van der Waals surface area contributed by atoms with Crippen LogP contribution in [0.15, 0.2) is 182 Å². The maximum absolute atomic E-state index is 9.14. The van der Waals surface area contributed by atoms with Crippen LogP contribution in [0.5, 0.6) is 11.5 Å². The van der Waals surface area contributed by atoms with Gasteiger partial charge in [-0.3, -0.25) is 0 Å². The molecule has 0 bridgehead atoms. The van der Waals surface area contributed by atoms with Gasteiger partial charge in [-0.15, -0.1) is 0 Å². The summed E-state index contributed by atoms with van der Waals surface area (Å²) in [6, 6.07) is 63.2. The Kier molecular flexibility index (Phi) is 9.41. The van der Waals surface area contributed by atoms with E-state index in [9.17, 15) is 0 Å². The molecule has 4 nitrogen and oxygen atoms in total. The molecule has 0 atom stereocenters. The van der Waals surface area contributed by atoms with Crippen LogP contribution in [0.4, 0.5) is 0 Å². The summed E-state index contributed by atoms with van der Waals surface area (Å²) in [5.74, 6) is 1.41. The number of rotatable bonds is 7. The van der Waals surface area contributed by atoms with Gasteiger partial charge in [0.1, 0.15) is 5.75 Å². The minimum absolute atomic E-state index is 0.466. The summed E-state index contributed by atoms with van der Waals surface area (Å²) >= 11 is 0. The Balaban J connectivity index is 0.000000157. The molecule has 0 saturated carbocycles. The van der Waals surface area contributed by atoms with E-state index >= 15 is 0 Å². The standard InChI is InChI=1S/C25H23OP.C18H13BO3/c1-26-24-19-11-12-20-25(24)27(21-13-5-2-6-14-21,22-15-7-3-8-16-22)23-17-9-4-10-18-23;20-19(21)22-17-7-3-6-12-8-9-15-10-13-4-1-2-5-14(13)11-16(15)18(12)17/h2-20,27H,1H3;1-11,20-21H. The van der Waals surface area contributed by atoms with Crippen LogP contribution in [0.25, 0.3) is 32.3 Å². The number of para-hydroxylation sites is 1. The normalized spacial score (nSPS) is 11.5. The molecule has 49 heavy (non-hydrogen) atoms. The van der Waals surface area contributed by atoms with Gasteiger partial charge >= 0.3 is 169 Å². The number of benzene rings is 8. The molecule has 6 heteroatoms. The third-order valence-electron chi connectivity index (χ3n) is 9.05. The van der Waals surface area contributed by atoms with Crippen molar-refractivity contribution < 1.29 is 19.4 Å². The van der Waals surface area contributed by atoms with E-state index in [-0.39, 0.29) is 0 Å². The van der Waals surface area contributed by atoms with Gasteiger partial charge in [-0.25, -0.2) is 0 Å². The second-order valence-corrected chi connectivity index (χ2v) is 15.6. The Bertz CT molecular complexity index is 2230. The molecule has 8 aromatic rings. The van der Waals surface area contributed by atoms with Crippen LogP contribution in [0.1, 0.15) is 0 Å². The molecular weight excluding hydrogens is 622 g/mol. The summed E-state index contributed by atoms with van der Waals surface area (Å²) in [5.41, 5.74) is 0. The van der Waals surface area contributed by atoms with Crippen LogP contribution in [-0.4, -0.2) is 24.5 Å². The second-order valence-electron chi connectivity index (χ2n) is 11.8. The number of fused-ring (bicyclic) bond motifs is 4. The van der Waals surface area contributed by atoms with Crippen molar-refractivity contribution in [1.29, 1.82) is 0 Å². The zero-order valence-corrected chi connectivity index (χ0v) is 28.1. The fourth-order valence-electron chi connectivity index (χ4n) is 6.96. The first-order chi connectivity index (χ1) is 24.1. The maximum Gasteiger partial charge on any atom is 0.707 e. The van der Waals surface area contributed by atoms with Crippen molar-refractivity contribution in [3.05, 3.63) is 182 Å². The van der Waals surface area contributed by atoms with Crippen LogP contribution >= 0.6 is 7.26 Å². The molecule has 0 amide bonds. The fraction of sp³-hybridized carbons (Fsp3) is 0.0233. The summed E-state index contributed by atoms with van der Waals surface area (Å²) in [5, 5.41) is 30.0. The molecule has 0 fully saturated rings. The number of hydrogen-bond acceptors (Lipinski definition) is 4. The van der Waals surface area contributed by atoms with E-state index < -0.39 is 14.6 Å². The average Bonchev–Trinajstić information content (AvgIpc) is 3.16. The van der Waals surface area contributed by atoms with Gasteiger partial charge in [0.25, 0.3) is 0 Å². The van der Waals surface area contributed by atoms with E-state index in [0.717, 1.165) is 32.7 Å². The van der Waals surface area contributed by atoms with Gasteiger partial charge in [-0.05, 0) is 45.1 Å². The van der Waals surface area contributed by atoms with Crippen molar-refractivity contribution in [2.75, 3.05) is 7.11 Å². The molecule has 0 heterocycles. The summed E-state index contributed by atoms with van der Waals surface area (Å²) in [7, 11) is -2.56. The second kappa shape index (κ2) is 14.4. The first kappa shape index (κ1) is 32.1. The van der Waals surface area contributed by atoms with Crippen molar-refractivity contribution >= 4 is 68.1 Å². The van der Waals surface area contributed by atoms with Gasteiger partial charge < -0.3 is 14.7 Å². The topological polar surface area (TPSA) is 58.9 Å². The predicted octanol–water partition coefficient (Wildman–Crippen LogP) is 7.54. The van der Waals surface area contributed by atoms with Crippen molar-refractivity contribution in [1.82, 2.24) is 0 Å². The molecule has 8 aromatic carbocycles. The van der Waals surface area contributed by atoms with Gasteiger partial charge in [0.15, 0.2) is 0 Å². The third kappa shape index (κ3) is 6.28. The molecule has 0 aliphatic carbocycles. The van der Waals surface area contributed by atoms with Crippen molar-refractivity contribution in [2.45, 2.75) is 0 Å². The first-order valence-corrected chi connectivity index (χ1v) is 18.3. The first-order valence-electron chi connectivity index (χ1n) is 16.3. The van der Waals surface area contributed by atoms with E-state index in [1.807, 2.05) is 36.4 Å². The van der Waals surface area contributed by atoms with E-state index in [2.05, 4.69) is 140 Å². The molecule has 0 aliphatic heterocycles. The monoisotopic (exact) mass is 658 g/mol. The fourth-order valence-corrected chi connectivity index (χ4v) is 11.9. The molecule has 2 N–H and O–H groups in total. The minimum atomic E-state index is -2.49. The molecular formula is C43H36BO4P. The van der Waals surface area contributed by atoms with Crippen LogP contribution in [0.3, 0.4) is 0 Å². The van der Waals surface area contributed by atoms with Crippen molar-refractivity contribution in [3.8, 4) is 11.5 Å². The van der Waals surface area contributed by atoms with Crippen LogP contribution < -0.4 is 30.6 Å². The van der Waals surface area contributed by atoms with Crippen LogP contribution in [0.2, 0.25) is 0 Å². The molecule has 0 saturated heterocycles. The predicted molar refractivity (Wildman–Crippen MR) is 209 cm³/mol. The number of ether oxygens (including phenoxy) is 1. The zero-order chi connectivity index (χ0) is 33.6. The van der Waals surface area contributed by atoms with Crippen LogP contribution in [-0.2, 0) is 0 Å². The quantitative estimate of drug-likeness (QED) is 0.0805. The number of hydrogen-bond donors (Lipinski definition) is 2. The maximum atomic E-state index is 9.14. The average molecular weight is 659 g/mol. The summed E-state index contributed by atoms with van der Waals surface area (Å²) < 4.78 is 11.0. The molecule has 0 spiro atoms. The Morgan fingerprint density at radius 3 is 1.49 bits per heavy atom. The SMILES string of the molecule is COc1ccccc1[PH](c1ccccc1)(c1ccccc1)c1ccccc1.OB(O)Oc1cccc2ccc3cc4ccccc4cc3c12. The van der Waals surface area contributed by atoms with E-state index in [1.54, 1.807) is 13.2 Å². The molecule has 0 radical (unpaired) electrons. The summed E-state index contributed by atoms with van der Waals surface area (Å²) in [6.45, 7) is 0. The molecule has 240 valence electrons. The van der Waals surface area contributed by atoms with Crippen LogP contribution in [0, 0.1) is 0 Å². The van der Waals surface area contributed by atoms with Gasteiger partial charge in [-0.2, -0.15) is 0 Å². The molecule has 0 unspecified atom stereocenters. The number of methoxy groups -OCH3 is 1. The minimum Gasteiger partial charge on any atom is -0.511 e. The summed E-state index contributed by atoms with van der Waals surface area (Å²) in [6.07, 6.45) is 0. The van der Waals surface area contributed by atoms with Gasteiger partial charge in [0.2, 0.25) is 0 Å². The third-order valence-corrected chi connectivity index (χ3v) is 13.9. The van der Waals surface area contributed by atoms with Gasteiger partial charge in [0.05, 0.1) is 0 Å². The Morgan fingerprint density at radius 1 is 0.449 bits per heavy atom. The van der Waals surface area contributed by atoms with Crippen molar-refractivity contribution in [3.63, 3.8) is 0 Å².